The summed E-state index contributed by atoms with van der Waals surface area (Å²) in [5, 5.41) is 14.3. The molecule has 5 heteroatoms. The summed E-state index contributed by atoms with van der Waals surface area (Å²) in [4.78, 5) is 22.8. The van der Waals surface area contributed by atoms with Gasteiger partial charge in [0.2, 0.25) is 0 Å². The molecule has 0 spiro atoms. The highest BCUT2D eigenvalue weighted by Gasteiger charge is 2.19. The predicted octanol–water partition coefficient (Wildman–Crippen LogP) is 1.78. The van der Waals surface area contributed by atoms with Crippen LogP contribution in [0.4, 0.5) is 4.79 Å². The van der Waals surface area contributed by atoms with Crippen LogP contribution < -0.4 is 10.6 Å². The lowest BCUT2D eigenvalue weighted by molar-refractivity contribution is -0.139. The van der Waals surface area contributed by atoms with Crippen LogP contribution in [0.5, 0.6) is 0 Å². The summed E-state index contributed by atoms with van der Waals surface area (Å²) in [7, 11) is 0. The van der Waals surface area contributed by atoms with Crippen molar-refractivity contribution in [3.8, 4) is 12.3 Å². The third-order valence-corrected chi connectivity index (χ3v) is 2.92. The zero-order valence-electron chi connectivity index (χ0n) is 11.8. The van der Waals surface area contributed by atoms with Crippen LogP contribution in [-0.4, -0.2) is 29.7 Å². The lowest BCUT2D eigenvalue weighted by Crippen LogP contribution is -2.47. The molecule has 2 amide bonds. The van der Waals surface area contributed by atoms with Crippen molar-refractivity contribution in [2.24, 2.45) is 0 Å². The smallest absolute Gasteiger partial charge is 0.326 e. The zero-order chi connectivity index (χ0) is 15.5. The van der Waals surface area contributed by atoms with Crippen molar-refractivity contribution in [2.75, 3.05) is 6.54 Å². The fourth-order valence-electron chi connectivity index (χ4n) is 1.81. The first kappa shape index (κ1) is 16.6. The van der Waals surface area contributed by atoms with Crippen LogP contribution in [0.25, 0.3) is 0 Å². The summed E-state index contributed by atoms with van der Waals surface area (Å²) < 4.78 is 0. The molecule has 0 heterocycles. The largest absolute Gasteiger partial charge is 0.480 e. The molecule has 1 aromatic rings. The molecule has 1 unspecified atom stereocenters. The fraction of sp³-hybridized carbons (Fsp3) is 0.375. The number of carboxylic acid groups (broad SMARTS) is 1. The van der Waals surface area contributed by atoms with E-state index in [-0.39, 0.29) is 6.42 Å². The third kappa shape index (κ3) is 7.02. The molecule has 21 heavy (non-hydrogen) atoms. The number of aliphatic carboxylic acids is 1. The standard InChI is InChI=1S/C16H20N2O3/c1-2-3-4-8-11-17-16(21)18-14(15(19)20)12-13-9-6-5-7-10-13/h1,5-7,9-10,14H,3-4,8,11-12H2,(H,19,20)(H2,17,18,21). The minimum Gasteiger partial charge on any atom is -0.480 e. The van der Waals surface area contributed by atoms with Gasteiger partial charge in [0, 0.05) is 19.4 Å². The minimum absolute atomic E-state index is 0.251. The maximum absolute atomic E-state index is 11.7. The highest BCUT2D eigenvalue weighted by Crippen LogP contribution is 2.03. The summed E-state index contributed by atoms with van der Waals surface area (Å²) >= 11 is 0. The topological polar surface area (TPSA) is 78.4 Å². The highest BCUT2D eigenvalue weighted by molar-refractivity contribution is 5.82. The van der Waals surface area contributed by atoms with Crippen LogP contribution in [0.15, 0.2) is 30.3 Å². The van der Waals surface area contributed by atoms with Gasteiger partial charge in [0.1, 0.15) is 6.04 Å². The number of carbonyl (C=O) groups is 2. The monoisotopic (exact) mass is 288 g/mol. The Morgan fingerprint density at radius 1 is 1.24 bits per heavy atom. The first-order valence-corrected chi connectivity index (χ1v) is 6.88. The lowest BCUT2D eigenvalue weighted by Gasteiger charge is -2.15. The Hall–Kier alpha value is -2.48. The van der Waals surface area contributed by atoms with Crippen LogP contribution in [0.3, 0.4) is 0 Å². The average molecular weight is 288 g/mol. The van der Waals surface area contributed by atoms with Gasteiger partial charge in [-0.25, -0.2) is 9.59 Å². The van der Waals surface area contributed by atoms with Crippen LogP contribution in [0.2, 0.25) is 0 Å². The maximum Gasteiger partial charge on any atom is 0.326 e. The zero-order valence-corrected chi connectivity index (χ0v) is 11.8. The molecule has 1 aromatic carbocycles. The first-order chi connectivity index (χ1) is 10.1. The molecule has 0 aliphatic rings. The van der Waals surface area contributed by atoms with E-state index in [2.05, 4.69) is 16.6 Å². The number of hydrogen-bond donors (Lipinski definition) is 3. The molecule has 0 saturated carbocycles. The Bertz CT molecular complexity index is 494. The van der Waals surface area contributed by atoms with E-state index >= 15 is 0 Å². The maximum atomic E-state index is 11.7. The van der Waals surface area contributed by atoms with E-state index < -0.39 is 18.0 Å². The Kier molecular flexibility index (Phi) is 7.44. The molecule has 0 bridgehead atoms. The van der Waals surface area contributed by atoms with Crippen molar-refractivity contribution >= 4 is 12.0 Å². The Balaban J connectivity index is 2.38. The van der Waals surface area contributed by atoms with E-state index in [1.165, 1.54) is 0 Å². The van der Waals surface area contributed by atoms with Crippen molar-refractivity contribution in [3.05, 3.63) is 35.9 Å². The van der Waals surface area contributed by atoms with Crippen LogP contribution in [0, 0.1) is 12.3 Å². The van der Waals surface area contributed by atoms with Gasteiger partial charge in [0.15, 0.2) is 0 Å². The van der Waals surface area contributed by atoms with E-state index in [0.29, 0.717) is 13.0 Å². The van der Waals surface area contributed by atoms with Crippen LogP contribution in [0.1, 0.15) is 24.8 Å². The van der Waals surface area contributed by atoms with Gasteiger partial charge in [-0.1, -0.05) is 30.3 Å². The molecule has 5 nitrogen and oxygen atoms in total. The van der Waals surface area contributed by atoms with E-state index in [0.717, 1.165) is 18.4 Å². The molecular formula is C16H20N2O3. The van der Waals surface area contributed by atoms with Crippen LogP contribution >= 0.6 is 0 Å². The van der Waals surface area contributed by atoms with E-state index in [4.69, 9.17) is 11.5 Å². The number of carboxylic acids is 1. The number of nitrogens with one attached hydrogen (secondary N) is 2. The minimum atomic E-state index is -1.05. The van der Waals surface area contributed by atoms with Gasteiger partial charge in [-0.05, 0) is 18.4 Å². The normalized spacial score (nSPS) is 11.2. The first-order valence-electron chi connectivity index (χ1n) is 6.88. The summed E-state index contributed by atoms with van der Waals surface area (Å²) in [6.07, 6.45) is 7.66. The number of unbranched alkanes of at least 4 members (excludes halogenated alkanes) is 2. The third-order valence-electron chi connectivity index (χ3n) is 2.92. The number of hydrogen-bond acceptors (Lipinski definition) is 2. The number of amides is 2. The Labute approximate surface area is 124 Å². The Morgan fingerprint density at radius 2 is 1.95 bits per heavy atom. The second-order valence-corrected chi connectivity index (χ2v) is 4.64. The highest BCUT2D eigenvalue weighted by atomic mass is 16.4. The Morgan fingerprint density at radius 3 is 2.57 bits per heavy atom. The molecule has 0 aromatic heterocycles. The molecule has 112 valence electrons. The van der Waals surface area contributed by atoms with E-state index in [1.807, 2.05) is 30.3 Å². The average Bonchev–Trinajstić information content (AvgIpc) is 2.47. The number of urea groups is 1. The van der Waals surface area contributed by atoms with Gasteiger partial charge in [0.25, 0.3) is 0 Å². The van der Waals surface area contributed by atoms with E-state index in [1.54, 1.807) is 0 Å². The van der Waals surface area contributed by atoms with Gasteiger partial charge in [-0.2, -0.15) is 0 Å². The predicted molar refractivity (Wildman–Crippen MR) is 80.8 cm³/mol. The second-order valence-electron chi connectivity index (χ2n) is 4.64. The van der Waals surface area contributed by atoms with Crippen molar-refractivity contribution in [1.82, 2.24) is 10.6 Å². The fourth-order valence-corrected chi connectivity index (χ4v) is 1.81. The van der Waals surface area contributed by atoms with Crippen LogP contribution in [-0.2, 0) is 11.2 Å². The lowest BCUT2D eigenvalue weighted by atomic mass is 10.1. The summed E-state index contributed by atoms with van der Waals surface area (Å²) in [5.74, 6) is 1.47. The molecule has 0 aliphatic heterocycles. The van der Waals surface area contributed by atoms with Gasteiger partial charge in [0.05, 0.1) is 0 Å². The molecule has 1 rings (SSSR count). The molecular weight excluding hydrogens is 268 g/mol. The molecule has 0 radical (unpaired) electrons. The van der Waals surface area contributed by atoms with Gasteiger partial charge < -0.3 is 15.7 Å². The van der Waals surface area contributed by atoms with Gasteiger partial charge in [-0.3, -0.25) is 0 Å². The molecule has 1 atom stereocenters. The summed E-state index contributed by atoms with van der Waals surface area (Å²) in [6.45, 7) is 0.477. The molecule has 0 fully saturated rings. The number of carbonyl (C=O) groups excluding carboxylic acids is 1. The number of terminal acetylenes is 1. The molecule has 0 aliphatic carbocycles. The van der Waals surface area contributed by atoms with E-state index in [9.17, 15) is 9.59 Å². The number of rotatable bonds is 8. The quantitative estimate of drug-likeness (QED) is 0.504. The van der Waals surface area contributed by atoms with Gasteiger partial charge in [-0.15, -0.1) is 12.3 Å². The van der Waals surface area contributed by atoms with Gasteiger partial charge >= 0.3 is 12.0 Å². The SMILES string of the molecule is C#CCCCCNC(=O)NC(Cc1ccccc1)C(=O)O. The van der Waals surface area contributed by atoms with Crippen molar-refractivity contribution in [1.29, 1.82) is 0 Å². The summed E-state index contributed by atoms with van der Waals surface area (Å²) in [6, 6.07) is 7.76. The van der Waals surface area contributed by atoms with Crippen molar-refractivity contribution in [2.45, 2.75) is 31.7 Å². The molecule has 3 N–H and O–H groups in total. The second kappa shape index (κ2) is 9.43. The molecule has 0 saturated heterocycles. The summed E-state index contributed by atoms with van der Waals surface area (Å²) in [5.41, 5.74) is 0.860. The van der Waals surface area contributed by atoms with Crippen molar-refractivity contribution < 1.29 is 14.7 Å². The number of benzene rings is 1. The van der Waals surface area contributed by atoms with Crippen molar-refractivity contribution in [3.63, 3.8) is 0 Å².